The summed E-state index contributed by atoms with van der Waals surface area (Å²) in [6, 6.07) is 2.16. The van der Waals surface area contributed by atoms with Crippen molar-refractivity contribution >= 4 is 22.8 Å². The third-order valence-corrected chi connectivity index (χ3v) is 7.10. The summed E-state index contributed by atoms with van der Waals surface area (Å²) >= 11 is 0. The molecule has 1 aliphatic rings. The molecule has 4 heterocycles. The van der Waals surface area contributed by atoms with Gasteiger partial charge in [-0.1, -0.05) is 13.3 Å². The second-order valence-electron chi connectivity index (χ2n) is 10.9. The summed E-state index contributed by atoms with van der Waals surface area (Å²) in [5.41, 5.74) is 8.63. The molecule has 208 valence electrons. The minimum Gasteiger partial charge on any atom is -0.495 e. The number of pyridine rings is 1. The van der Waals surface area contributed by atoms with Gasteiger partial charge >= 0.3 is 0 Å². The second kappa shape index (κ2) is 12.2. The van der Waals surface area contributed by atoms with Crippen LogP contribution in [0.25, 0.3) is 11.0 Å². The third-order valence-electron chi connectivity index (χ3n) is 7.10. The smallest absolute Gasteiger partial charge is 0.222 e. The molecular formula is C27H42N8O3. The lowest BCUT2D eigenvalue weighted by Gasteiger charge is -2.35. The van der Waals surface area contributed by atoms with Crippen LogP contribution in [0.2, 0.25) is 0 Å². The topological polar surface area (TPSA) is 147 Å². The van der Waals surface area contributed by atoms with Gasteiger partial charge in [0.2, 0.25) is 5.95 Å². The number of hydrogen-bond donors (Lipinski definition) is 4. The van der Waals surface area contributed by atoms with Crippen LogP contribution in [0.1, 0.15) is 70.1 Å². The van der Waals surface area contributed by atoms with Gasteiger partial charge in [0, 0.05) is 25.4 Å². The fourth-order valence-electron chi connectivity index (χ4n) is 5.34. The number of nitrogens with two attached hydrogens (primary N) is 1. The maximum Gasteiger partial charge on any atom is 0.222 e. The van der Waals surface area contributed by atoms with Crippen LogP contribution in [-0.4, -0.2) is 84.8 Å². The first-order valence-electron chi connectivity index (χ1n) is 13.5. The Morgan fingerprint density at radius 3 is 2.63 bits per heavy atom. The molecule has 1 aliphatic heterocycles. The number of rotatable bonds is 12. The summed E-state index contributed by atoms with van der Waals surface area (Å²) in [7, 11) is 1.67. The van der Waals surface area contributed by atoms with E-state index < -0.39 is 5.60 Å². The minimum absolute atomic E-state index is 0.0627. The van der Waals surface area contributed by atoms with E-state index in [0.717, 1.165) is 55.7 Å². The molecule has 1 fully saturated rings. The van der Waals surface area contributed by atoms with Crippen LogP contribution >= 0.6 is 0 Å². The number of hydrogen-bond acceptors (Lipinski definition) is 10. The molecule has 1 atom stereocenters. The van der Waals surface area contributed by atoms with Gasteiger partial charge in [-0.05, 0) is 70.2 Å². The summed E-state index contributed by atoms with van der Waals surface area (Å²) in [4.78, 5) is 16.0. The van der Waals surface area contributed by atoms with Gasteiger partial charge < -0.3 is 30.9 Å². The molecule has 0 amide bonds. The largest absolute Gasteiger partial charge is 0.495 e. The number of β-amino-alcohol motifs (C(OH)–C–C–N with tert-alkyl or cyclic N) is 1. The van der Waals surface area contributed by atoms with Crippen molar-refractivity contribution < 1.29 is 14.9 Å². The van der Waals surface area contributed by atoms with E-state index in [4.69, 9.17) is 15.5 Å². The Bertz CT molecular complexity index is 1190. The molecule has 0 aliphatic carbocycles. The zero-order chi connectivity index (χ0) is 27.3. The van der Waals surface area contributed by atoms with E-state index >= 15 is 0 Å². The number of nitrogens with zero attached hydrogens (tertiary/aromatic N) is 6. The first-order chi connectivity index (χ1) is 18.2. The average Bonchev–Trinajstić information content (AvgIpc) is 3.26. The SMILES string of the molecule is CCC[C@@H](CCO)Nc1nc(N)nc2cnn(Cc3ncc(C4CCN(CC(C)(C)O)CC4)cc3OC)c12. The first-order valence-corrected chi connectivity index (χ1v) is 13.5. The molecule has 0 spiro atoms. The standard InChI is InChI=1S/C27H42N8O3/c1-5-6-20(9-12-36)31-25-24-21(32-26(28)33-25)15-30-35(24)16-22-23(38-4)13-19(14-29-22)18-7-10-34(11-8-18)17-27(2,3)37/h13-15,18,20,36-37H,5-12,16-17H2,1-4H3,(H3,28,31,32,33)/t20-/m0/s1. The fourth-order valence-corrected chi connectivity index (χ4v) is 5.34. The van der Waals surface area contributed by atoms with Crippen molar-refractivity contribution in [3.8, 4) is 5.75 Å². The highest BCUT2D eigenvalue weighted by Gasteiger charge is 2.26. The molecule has 0 bridgehead atoms. The highest BCUT2D eigenvalue weighted by atomic mass is 16.5. The summed E-state index contributed by atoms with van der Waals surface area (Å²) in [5.74, 6) is 1.90. The number of methoxy groups -OCH3 is 1. The van der Waals surface area contributed by atoms with Crippen LogP contribution in [0.3, 0.4) is 0 Å². The number of ether oxygens (including phenoxy) is 1. The van der Waals surface area contributed by atoms with Crippen LogP contribution in [0.4, 0.5) is 11.8 Å². The van der Waals surface area contributed by atoms with Crippen LogP contribution in [-0.2, 0) is 6.54 Å². The highest BCUT2D eigenvalue weighted by molar-refractivity contribution is 5.86. The summed E-state index contributed by atoms with van der Waals surface area (Å²) in [6.45, 7) is 8.88. The van der Waals surface area contributed by atoms with Gasteiger partial charge in [0.15, 0.2) is 5.82 Å². The van der Waals surface area contributed by atoms with E-state index in [9.17, 15) is 10.2 Å². The van der Waals surface area contributed by atoms with Crippen LogP contribution in [0.5, 0.6) is 5.75 Å². The highest BCUT2D eigenvalue weighted by Crippen LogP contribution is 2.32. The zero-order valence-electron chi connectivity index (χ0n) is 23.0. The quantitative estimate of drug-likeness (QED) is 0.278. The van der Waals surface area contributed by atoms with Gasteiger partial charge in [-0.2, -0.15) is 10.1 Å². The number of likely N-dealkylation sites (tertiary alicyclic amines) is 1. The van der Waals surface area contributed by atoms with Crippen molar-refractivity contribution in [2.45, 2.75) is 77.0 Å². The average molecular weight is 527 g/mol. The lowest BCUT2D eigenvalue weighted by atomic mass is 9.89. The summed E-state index contributed by atoms with van der Waals surface area (Å²) in [6.07, 6.45) is 8.16. The predicted octanol–water partition coefficient (Wildman–Crippen LogP) is 2.77. The molecule has 3 aromatic heterocycles. The molecular weight excluding hydrogens is 484 g/mol. The van der Waals surface area contributed by atoms with Gasteiger partial charge in [-0.15, -0.1) is 0 Å². The van der Waals surface area contributed by atoms with Crippen LogP contribution in [0, 0.1) is 0 Å². The Morgan fingerprint density at radius 2 is 1.97 bits per heavy atom. The van der Waals surface area contributed by atoms with E-state index in [1.165, 1.54) is 5.56 Å². The Labute approximate surface area is 224 Å². The molecule has 3 aromatic rings. The Kier molecular flexibility index (Phi) is 9.01. The Morgan fingerprint density at radius 1 is 1.21 bits per heavy atom. The lowest BCUT2D eigenvalue weighted by Crippen LogP contribution is -2.42. The van der Waals surface area contributed by atoms with Crippen molar-refractivity contribution in [3.63, 3.8) is 0 Å². The molecule has 1 saturated heterocycles. The second-order valence-corrected chi connectivity index (χ2v) is 10.9. The van der Waals surface area contributed by atoms with Gasteiger partial charge in [-0.25, -0.2) is 4.98 Å². The molecule has 0 unspecified atom stereocenters. The predicted molar refractivity (Wildman–Crippen MR) is 148 cm³/mol. The van der Waals surface area contributed by atoms with Gasteiger partial charge in [0.05, 0.1) is 25.5 Å². The number of aliphatic hydroxyl groups is 2. The lowest BCUT2D eigenvalue weighted by molar-refractivity contribution is 0.0281. The van der Waals surface area contributed by atoms with Gasteiger partial charge in [-0.3, -0.25) is 9.67 Å². The van der Waals surface area contributed by atoms with Crippen LogP contribution < -0.4 is 15.8 Å². The Balaban J connectivity index is 1.54. The summed E-state index contributed by atoms with van der Waals surface area (Å²) < 4.78 is 7.58. The number of aliphatic hydroxyl groups excluding tert-OH is 1. The maximum atomic E-state index is 10.1. The molecule has 4 rings (SSSR count). The van der Waals surface area contributed by atoms with E-state index in [1.54, 1.807) is 13.3 Å². The van der Waals surface area contributed by atoms with Crippen LogP contribution in [0.15, 0.2) is 18.5 Å². The molecule has 0 aromatic carbocycles. The number of piperidine rings is 1. The van der Waals surface area contributed by atoms with E-state index in [1.807, 2.05) is 24.7 Å². The number of anilines is 2. The maximum absolute atomic E-state index is 10.1. The van der Waals surface area contributed by atoms with Gasteiger partial charge in [0.25, 0.3) is 0 Å². The van der Waals surface area contributed by atoms with Crippen molar-refractivity contribution in [2.24, 2.45) is 0 Å². The van der Waals surface area contributed by atoms with Crippen molar-refractivity contribution in [1.82, 2.24) is 29.6 Å². The van der Waals surface area contributed by atoms with Crippen molar-refractivity contribution in [3.05, 3.63) is 29.7 Å². The molecule has 11 nitrogen and oxygen atoms in total. The fraction of sp³-hybridized carbons (Fsp3) is 0.630. The molecule has 0 radical (unpaired) electrons. The van der Waals surface area contributed by atoms with Gasteiger partial charge in [0.1, 0.15) is 22.5 Å². The number of aromatic nitrogens is 5. The van der Waals surface area contributed by atoms with Crippen molar-refractivity contribution in [2.75, 3.05) is 44.4 Å². The Hall–Kier alpha value is -3.02. The zero-order valence-corrected chi connectivity index (χ0v) is 23.0. The molecule has 11 heteroatoms. The first kappa shape index (κ1) is 28.0. The number of fused-ring (bicyclic) bond motifs is 1. The molecule has 0 saturated carbocycles. The monoisotopic (exact) mass is 526 g/mol. The minimum atomic E-state index is -0.683. The number of nitrogens with one attached hydrogen (secondary N) is 1. The van der Waals surface area contributed by atoms with E-state index in [-0.39, 0.29) is 18.6 Å². The summed E-state index contributed by atoms with van der Waals surface area (Å²) in [5, 5.41) is 27.7. The molecule has 5 N–H and O–H groups in total. The van der Waals surface area contributed by atoms with Crippen molar-refractivity contribution in [1.29, 1.82) is 0 Å². The van der Waals surface area contributed by atoms with E-state index in [2.05, 4.69) is 38.3 Å². The normalized spacial score (nSPS) is 16.2. The molecule has 38 heavy (non-hydrogen) atoms. The third kappa shape index (κ3) is 6.89. The van der Waals surface area contributed by atoms with E-state index in [0.29, 0.717) is 36.8 Å². The number of nitrogen functional groups attached to an aromatic ring is 1.